The summed E-state index contributed by atoms with van der Waals surface area (Å²) in [5, 5.41) is 0. The van der Waals surface area contributed by atoms with Crippen LogP contribution in [0.15, 0.2) is 12.5 Å². The molecule has 0 radical (unpaired) electrons. The molecule has 12 heavy (non-hydrogen) atoms. The van der Waals surface area contributed by atoms with E-state index in [0.717, 1.165) is 25.3 Å². The Balaban J connectivity index is 2.11. The summed E-state index contributed by atoms with van der Waals surface area (Å²) in [7, 11) is 0. The van der Waals surface area contributed by atoms with Crippen LogP contribution >= 0.6 is 0 Å². The first kappa shape index (κ1) is 7.76. The minimum absolute atomic E-state index is 0.470. The lowest BCUT2D eigenvalue weighted by Gasteiger charge is -2.07. The predicted molar refractivity (Wildman–Crippen MR) is 44.6 cm³/mol. The molecule has 1 saturated heterocycles. The first-order chi connectivity index (χ1) is 5.90. The summed E-state index contributed by atoms with van der Waals surface area (Å²) < 4.78 is 7.37. The Kier molecular flexibility index (Phi) is 2.10. The molecule has 1 unspecified atom stereocenters. The van der Waals surface area contributed by atoms with E-state index >= 15 is 0 Å². The van der Waals surface area contributed by atoms with Crippen LogP contribution in [-0.2, 0) is 11.3 Å². The quantitative estimate of drug-likeness (QED) is 0.689. The van der Waals surface area contributed by atoms with Crippen molar-refractivity contribution in [1.29, 1.82) is 0 Å². The van der Waals surface area contributed by atoms with E-state index in [9.17, 15) is 0 Å². The average molecular weight is 167 g/mol. The molecular formula is C8H13N3O. The van der Waals surface area contributed by atoms with Crippen LogP contribution in [0.1, 0.15) is 18.2 Å². The third-order valence-corrected chi connectivity index (χ3v) is 2.19. The number of imidazole rings is 1. The van der Waals surface area contributed by atoms with Gasteiger partial charge in [0.05, 0.1) is 24.7 Å². The molecule has 0 aliphatic carbocycles. The van der Waals surface area contributed by atoms with Crippen molar-refractivity contribution in [3.8, 4) is 0 Å². The molecule has 0 bridgehead atoms. The molecule has 2 N–H and O–H groups in total. The minimum Gasteiger partial charge on any atom is -0.379 e. The molecule has 1 aromatic heterocycles. The van der Waals surface area contributed by atoms with Crippen LogP contribution in [-0.4, -0.2) is 22.8 Å². The van der Waals surface area contributed by atoms with Crippen LogP contribution in [0.25, 0.3) is 0 Å². The van der Waals surface area contributed by atoms with Gasteiger partial charge >= 0.3 is 0 Å². The van der Waals surface area contributed by atoms with Gasteiger partial charge in [-0.3, -0.25) is 0 Å². The second-order valence-corrected chi connectivity index (χ2v) is 3.03. The Morgan fingerprint density at radius 1 is 1.75 bits per heavy atom. The van der Waals surface area contributed by atoms with Crippen molar-refractivity contribution in [1.82, 2.24) is 9.55 Å². The molecule has 1 aromatic rings. The van der Waals surface area contributed by atoms with Crippen molar-refractivity contribution in [2.75, 3.05) is 13.2 Å². The lowest BCUT2D eigenvalue weighted by molar-refractivity contribution is 0.186. The largest absolute Gasteiger partial charge is 0.379 e. The fourth-order valence-electron chi connectivity index (χ4n) is 1.44. The van der Waals surface area contributed by atoms with E-state index in [0.29, 0.717) is 12.6 Å². The Morgan fingerprint density at radius 2 is 2.67 bits per heavy atom. The summed E-state index contributed by atoms with van der Waals surface area (Å²) in [5.41, 5.74) is 6.40. The molecule has 0 spiro atoms. The SMILES string of the molecule is NCc1cn(C2CCOC2)cn1. The van der Waals surface area contributed by atoms with Crippen LogP contribution in [0.2, 0.25) is 0 Å². The molecule has 66 valence electrons. The molecule has 2 rings (SSSR count). The summed E-state index contributed by atoms with van der Waals surface area (Å²) >= 11 is 0. The third kappa shape index (κ3) is 1.35. The first-order valence-electron chi connectivity index (χ1n) is 4.20. The standard InChI is InChI=1S/C8H13N3O/c9-3-7-4-11(6-10-7)8-1-2-12-5-8/h4,6,8H,1-3,5,9H2. The number of hydrogen-bond donors (Lipinski definition) is 1. The molecule has 4 nitrogen and oxygen atoms in total. The number of hydrogen-bond acceptors (Lipinski definition) is 3. The number of ether oxygens (including phenoxy) is 1. The topological polar surface area (TPSA) is 53.1 Å². The average Bonchev–Trinajstić information content (AvgIpc) is 2.75. The molecule has 0 amide bonds. The molecule has 4 heteroatoms. The summed E-state index contributed by atoms with van der Waals surface area (Å²) in [6.07, 6.45) is 4.92. The Hall–Kier alpha value is -0.870. The second kappa shape index (κ2) is 3.25. The lowest BCUT2D eigenvalue weighted by atomic mass is 10.2. The van der Waals surface area contributed by atoms with Gasteiger partial charge in [-0.15, -0.1) is 0 Å². The molecule has 1 atom stereocenters. The van der Waals surface area contributed by atoms with Gasteiger partial charge in [-0.1, -0.05) is 0 Å². The highest BCUT2D eigenvalue weighted by Gasteiger charge is 2.16. The number of nitrogens with zero attached hydrogens (tertiary/aromatic N) is 2. The van der Waals surface area contributed by atoms with E-state index in [-0.39, 0.29) is 0 Å². The maximum absolute atomic E-state index is 5.45. The van der Waals surface area contributed by atoms with Crippen LogP contribution in [0.4, 0.5) is 0 Å². The van der Waals surface area contributed by atoms with E-state index in [4.69, 9.17) is 10.5 Å². The minimum atomic E-state index is 0.470. The maximum Gasteiger partial charge on any atom is 0.0953 e. The van der Waals surface area contributed by atoms with Crippen LogP contribution in [0.5, 0.6) is 0 Å². The van der Waals surface area contributed by atoms with Crippen molar-refractivity contribution < 1.29 is 4.74 Å². The van der Waals surface area contributed by atoms with Crippen molar-refractivity contribution in [3.05, 3.63) is 18.2 Å². The summed E-state index contributed by atoms with van der Waals surface area (Å²) in [5.74, 6) is 0. The molecular weight excluding hydrogens is 154 g/mol. The van der Waals surface area contributed by atoms with E-state index in [1.165, 1.54) is 0 Å². The highest BCUT2D eigenvalue weighted by atomic mass is 16.5. The fourth-order valence-corrected chi connectivity index (χ4v) is 1.44. The van der Waals surface area contributed by atoms with Gasteiger partial charge in [0.25, 0.3) is 0 Å². The zero-order valence-electron chi connectivity index (χ0n) is 6.94. The molecule has 0 saturated carbocycles. The highest BCUT2D eigenvalue weighted by Crippen LogP contribution is 2.18. The molecule has 1 fully saturated rings. The smallest absolute Gasteiger partial charge is 0.0953 e. The summed E-state index contributed by atoms with van der Waals surface area (Å²) in [6, 6.07) is 0.470. The highest BCUT2D eigenvalue weighted by molar-refractivity contribution is 4.97. The van der Waals surface area contributed by atoms with E-state index in [1.807, 2.05) is 12.5 Å². The van der Waals surface area contributed by atoms with Gasteiger partial charge in [-0.05, 0) is 6.42 Å². The monoisotopic (exact) mass is 167 g/mol. The van der Waals surface area contributed by atoms with Gasteiger partial charge in [-0.2, -0.15) is 0 Å². The third-order valence-electron chi connectivity index (χ3n) is 2.19. The van der Waals surface area contributed by atoms with E-state index < -0.39 is 0 Å². The Morgan fingerprint density at radius 3 is 3.25 bits per heavy atom. The molecule has 1 aliphatic rings. The normalized spacial score (nSPS) is 23.2. The van der Waals surface area contributed by atoms with Crippen LogP contribution < -0.4 is 5.73 Å². The van der Waals surface area contributed by atoms with Gasteiger partial charge in [0.15, 0.2) is 0 Å². The van der Waals surface area contributed by atoms with Gasteiger partial charge in [0.1, 0.15) is 0 Å². The summed E-state index contributed by atoms with van der Waals surface area (Å²) in [6.45, 7) is 2.18. The summed E-state index contributed by atoms with van der Waals surface area (Å²) in [4.78, 5) is 4.16. The number of nitrogens with two attached hydrogens (primary N) is 1. The zero-order chi connectivity index (χ0) is 8.39. The molecule has 2 heterocycles. The zero-order valence-corrected chi connectivity index (χ0v) is 6.94. The van der Waals surface area contributed by atoms with Crippen molar-refractivity contribution in [2.45, 2.75) is 19.0 Å². The van der Waals surface area contributed by atoms with Gasteiger partial charge in [0.2, 0.25) is 0 Å². The lowest BCUT2D eigenvalue weighted by Crippen LogP contribution is -2.05. The van der Waals surface area contributed by atoms with Gasteiger partial charge in [0, 0.05) is 19.3 Å². The van der Waals surface area contributed by atoms with Crippen LogP contribution in [0, 0.1) is 0 Å². The Bertz CT molecular complexity index is 253. The fraction of sp³-hybridized carbons (Fsp3) is 0.625. The van der Waals surface area contributed by atoms with Crippen LogP contribution in [0.3, 0.4) is 0 Å². The predicted octanol–water partition coefficient (Wildman–Crippen LogP) is 0.303. The molecule has 0 aromatic carbocycles. The van der Waals surface area contributed by atoms with E-state index in [2.05, 4.69) is 9.55 Å². The Labute approximate surface area is 71.3 Å². The number of rotatable bonds is 2. The van der Waals surface area contributed by atoms with Crippen molar-refractivity contribution >= 4 is 0 Å². The van der Waals surface area contributed by atoms with Crippen molar-refractivity contribution in [3.63, 3.8) is 0 Å². The second-order valence-electron chi connectivity index (χ2n) is 3.03. The molecule has 1 aliphatic heterocycles. The number of aromatic nitrogens is 2. The van der Waals surface area contributed by atoms with E-state index in [1.54, 1.807) is 0 Å². The van der Waals surface area contributed by atoms with Gasteiger partial charge < -0.3 is 15.0 Å². The van der Waals surface area contributed by atoms with Gasteiger partial charge in [-0.25, -0.2) is 4.98 Å². The first-order valence-corrected chi connectivity index (χ1v) is 4.20. The maximum atomic E-state index is 5.45. The van der Waals surface area contributed by atoms with Crippen molar-refractivity contribution in [2.24, 2.45) is 5.73 Å².